The van der Waals surface area contributed by atoms with Crippen LogP contribution in [0.25, 0.3) is 11.1 Å². The Kier molecular flexibility index (Phi) is 2.63. The lowest BCUT2D eigenvalue weighted by Crippen LogP contribution is -2.07. The van der Waals surface area contributed by atoms with E-state index < -0.39 is 0 Å². The Morgan fingerprint density at radius 1 is 0.955 bits per heavy atom. The number of halogens is 1. The van der Waals surface area contributed by atoms with E-state index in [9.17, 15) is 4.39 Å². The molecule has 1 aliphatic rings. The van der Waals surface area contributed by atoms with Crippen LogP contribution in [-0.2, 0) is 0 Å². The van der Waals surface area contributed by atoms with E-state index in [1.807, 2.05) is 30.3 Å². The third-order valence-electron chi connectivity index (χ3n) is 3.98. The fourth-order valence-electron chi connectivity index (χ4n) is 3.15. The summed E-state index contributed by atoms with van der Waals surface area (Å²) in [6.07, 6.45) is 0. The fourth-order valence-corrected chi connectivity index (χ4v) is 3.15. The second-order valence-electron chi connectivity index (χ2n) is 5.30. The number of hydrogen-bond donors (Lipinski definition) is 2. The van der Waals surface area contributed by atoms with Gasteiger partial charge >= 0.3 is 0 Å². The van der Waals surface area contributed by atoms with Crippen molar-refractivity contribution >= 4 is 11.8 Å². The molecule has 0 saturated carbocycles. The molecule has 5 heteroatoms. The number of anilines is 2. The monoisotopic (exact) mass is 292 g/mol. The first-order valence-electron chi connectivity index (χ1n) is 6.93. The smallest absolute Gasteiger partial charge is 0.222 e. The quantitative estimate of drug-likeness (QED) is 0.565. The molecule has 0 aliphatic heterocycles. The average molecular weight is 292 g/mol. The molecule has 1 atom stereocenters. The van der Waals surface area contributed by atoms with Crippen molar-refractivity contribution in [3.63, 3.8) is 0 Å². The highest BCUT2D eigenvalue weighted by atomic mass is 19.1. The molecule has 0 saturated heterocycles. The summed E-state index contributed by atoms with van der Waals surface area (Å²) in [5.41, 5.74) is 16.2. The number of rotatable bonds is 1. The normalized spacial score (nSPS) is 15.4. The summed E-state index contributed by atoms with van der Waals surface area (Å²) in [5.74, 6) is 0.0206. The van der Waals surface area contributed by atoms with Crippen molar-refractivity contribution in [2.45, 2.75) is 5.92 Å². The van der Waals surface area contributed by atoms with Crippen LogP contribution in [-0.4, -0.2) is 9.97 Å². The lowest BCUT2D eigenvalue weighted by Gasteiger charge is -2.13. The largest absolute Gasteiger partial charge is 0.383 e. The van der Waals surface area contributed by atoms with Crippen LogP contribution in [0.15, 0.2) is 48.5 Å². The van der Waals surface area contributed by atoms with E-state index in [4.69, 9.17) is 11.5 Å². The molecule has 0 bridgehead atoms. The van der Waals surface area contributed by atoms with Gasteiger partial charge in [-0.15, -0.1) is 0 Å². The zero-order valence-corrected chi connectivity index (χ0v) is 11.6. The molecule has 0 spiro atoms. The van der Waals surface area contributed by atoms with Gasteiger partial charge in [-0.1, -0.05) is 36.4 Å². The molecule has 2 aromatic carbocycles. The van der Waals surface area contributed by atoms with Gasteiger partial charge in [0.15, 0.2) is 0 Å². The molecule has 1 heterocycles. The van der Waals surface area contributed by atoms with Crippen LogP contribution in [0.1, 0.15) is 22.7 Å². The van der Waals surface area contributed by atoms with Crippen LogP contribution in [0.4, 0.5) is 16.2 Å². The second-order valence-corrected chi connectivity index (χ2v) is 5.30. The van der Waals surface area contributed by atoms with Gasteiger partial charge in [0.2, 0.25) is 5.95 Å². The van der Waals surface area contributed by atoms with Crippen LogP contribution < -0.4 is 11.5 Å². The van der Waals surface area contributed by atoms with Crippen molar-refractivity contribution in [3.05, 3.63) is 71.2 Å². The summed E-state index contributed by atoms with van der Waals surface area (Å²) in [4.78, 5) is 8.44. The van der Waals surface area contributed by atoms with Crippen LogP contribution in [0.2, 0.25) is 0 Å². The lowest BCUT2D eigenvalue weighted by molar-refractivity contribution is 0.625. The molecule has 0 radical (unpaired) electrons. The first-order valence-corrected chi connectivity index (χ1v) is 6.93. The maximum absolute atomic E-state index is 13.6. The Balaban J connectivity index is 2.05. The van der Waals surface area contributed by atoms with E-state index in [2.05, 4.69) is 9.97 Å². The van der Waals surface area contributed by atoms with Crippen molar-refractivity contribution < 1.29 is 4.39 Å². The molecular formula is C17H13FN4. The molecular weight excluding hydrogens is 279 g/mol. The van der Waals surface area contributed by atoms with Crippen molar-refractivity contribution in [2.24, 2.45) is 0 Å². The van der Waals surface area contributed by atoms with Gasteiger partial charge < -0.3 is 11.5 Å². The highest BCUT2D eigenvalue weighted by Gasteiger charge is 2.33. The standard InChI is InChI=1S/C17H13FN4/c18-10-5-3-4-9(8-10)13-11-6-1-2-7-12(11)14-15(13)21-17(20)22-16(14)19/h1-8,13H,(H4,19,20,21,22). The molecule has 1 aliphatic carbocycles. The Labute approximate surface area is 126 Å². The first kappa shape index (κ1) is 12.8. The summed E-state index contributed by atoms with van der Waals surface area (Å²) in [6.45, 7) is 0. The highest BCUT2D eigenvalue weighted by molar-refractivity contribution is 5.86. The first-order chi connectivity index (χ1) is 10.6. The number of nitrogen functional groups attached to an aromatic ring is 2. The summed E-state index contributed by atoms with van der Waals surface area (Å²) in [6, 6.07) is 14.4. The van der Waals surface area contributed by atoms with Crippen molar-refractivity contribution in [1.82, 2.24) is 9.97 Å². The number of nitrogens with two attached hydrogens (primary N) is 2. The van der Waals surface area contributed by atoms with E-state index in [0.717, 1.165) is 27.9 Å². The Bertz CT molecular complexity index is 892. The molecule has 3 aromatic rings. The minimum Gasteiger partial charge on any atom is -0.383 e. The third kappa shape index (κ3) is 1.75. The SMILES string of the molecule is Nc1nc(N)c2c(n1)C(c1cccc(F)c1)c1ccccc1-2. The third-order valence-corrected chi connectivity index (χ3v) is 3.98. The number of aromatic nitrogens is 2. The zero-order valence-electron chi connectivity index (χ0n) is 11.6. The van der Waals surface area contributed by atoms with Crippen LogP contribution in [0.3, 0.4) is 0 Å². The summed E-state index contributed by atoms with van der Waals surface area (Å²) in [7, 11) is 0. The number of nitrogens with zero attached hydrogens (tertiary/aromatic N) is 2. The molecule has 4 N–H and O–H groups in total. The van der Waals surface area contributed by atoms with Gasteiger partial charge in [0.1, 0.15) is 11.6 Å². The van der Waals surface area contributed by atoms with Gasteiger partial charge in [0.05, 0.1) is 11.6 Å². The minimum atomic E-state index is -0.279. The molecule has 1 aromatic heterocycles. The average Bonchev–Trinajstić information content (AvgIpc) is 2.81. The molecule has 0 fully saturated rings. The Hall–Kier alpha value is -2.95. The number of fused-ring (bicyclic) bond motifs is 3. The molecule has 0 amide bonds. The molecule has 108 valence electrons. The predicted octanol–water partition coefficient (Wildman–Crippen LogP) is 2.94. The van der Waals surface area contributed by atoms with Crippen molar-refractivity contribution in [1.29, 1.82) is 0 Å². The Morgan fingerprint density at radius 3 is 2.59 bits per heavy atom. The topological polar surface area (TPSA) is 77.8 Å². The van der Waals surface area contributed by atoms with E-state index in [0.29, 0.717) is 5.82 Å². The number of hydrogen-bond acceptors (Lipinski definition) is 4. The second kappa shape index (κ2) is 4.53. The van der Waals surface area contributed by atoms with Crippen LogP contribution in [0, 0.1) is 5.82 Å². The van der Waals surface area contributed by atoms with Crippen molar-refractivity contribution in [3.8, 4) is 11.1 Å². The van der Waals surface area contributed by atoms with Gasteiger partial charge in [0.25, 0.3) is 0 Å². The van der Waals surface area contributed by atoms with Gasteiger partial charge in [-0.25, -0.2) is 9.37 Å². The van der Waals surface area contributed by atoms with Crippen LogP contribution in [0.5, 0.6) is 0 Å². The van der Waals surface area contributed by atoms with Crippen molar-refractivity contribution in [2.75, 3.05) is 11.5 Å². The molecule has 1 unspecified atom stereocenters. The predicted molar refractivity (Wildman–Crippen MR) is 83.6 cm³/mol. The van der Waals surface area contributed by atoms with E-state index in [1.54, 1.807) is 6.07 Å². The number of benzene rings is 2. The van der Waals surface area contributed by atoms with Gasteiger partial charge in [-0.3, -0.25) is 0 Å². The summed E-state index contributed by atoms with van der Waals surface area (Å²) < 4.78 is 13.6. The summed E-state index contributed by atoms with van der Waals surface area (Å²) in [5, 5.41) is 0. The van der Waals surface area contributed by atoms with Gasteiger partial charge in [-0.2, -0.15) is 4.98 Å². The van der Waals surface area contributed by atoms with Crippen LogP contribution >= 0.6 is 0 Å². The molecule has 4 rings (SSSR count). The van der Waals surface area contributed by atoms with E-state index >= 15 is 0 Å². The maximum Gasteiger partial charge on any atom is 0.222 e. The maximum atomic E-state index is 13.6. The highest BCUT2D eigenvalue weighted by Crippen LogP contribution is 2.48. The minimum absolute atomic E-state index is 0.130. The molecule has 22 heavy (non-hydrogen) atoms. The Morgan fingerprint density at radius 2 is 1.77 bits per heavy atom. The zero-order chi connectivity index (χ0) is 15.3. The molecule has 4 nitrogen and oxygen atoms in total. The van der Waals surface area contributed by atoms with E-state index in [1.165, 1.54) is 12.1 Å². The fraction of sp³-hybridized carbons (Fsp3) is 0.0588. The van der Waals surface area contributed by atoms with Gasteiger partial charge in [-0.05, 0) is 28.8 Å². The summed E-state index contributed by atoms with van der Waals surface area (Å²) >= 11 is 0. The lowest BCUT2D eigenvalue weighted by atomic mass is 9.92. The van der Waals surface area contributed by atoms with Gasteiger partial charge in [0, 0.05) is 5.56 Å². The van der Waals surface area contributed by atoms with E-state index in [-0.39, 0.29) is 17.7 Å².